The Morgan fingerprint density at radius 1 is 1.14 bits per heavy atom. The Morgan fingerprint density at radius 2 is 1.83 bits per heavy atom. The van der Waals surface area contributed by atoms with Gasteiger partial charge in [-0.05, 0) is 50.1 Å². The Balaban J connectivity index is 1.68. The Labute approximate surface area is 170 Å². The van der Waals surface area contributed by atoms with Crippen molar-refractivity contribution >= 4 is 15.9 Å². The SMILES string of the molecule is CC1CN(S(=O)(=O)c2cccc(C(=O)NCCc3ccccc3F)c2)CC(C)O1. The van der Waals surface area contributed by atoms with Crippen LogP contribution in [0.25, 0.3) is 0 Å². The van der Waals surface area contributed by atoms with Crippen LogP contribution >= 0.6 is 0 Å². The average molecular weight is 421 g/mol. The molecule has 1 saturated heterocycles. The van der Waals surface area contributed by atoms with E-state index in [9.17, 15) is 17.6 Å². The molecule has 1 fully saturated rings. The van der Waals surface area contributed by atoms with E-state index in [1.165, 1.54) is 22.5 Å². The van der Waals surface area contributed by atoms with Gasteiger partial charge in [0.1, 0.15) is 5.82 Å². The van der Waals surface area contributed by atoms with E-state index in [1.54, 1.807) is 30.3 Å². The largest absolute Gasteiger partial charge is 0.373 e. The summed E-state index contributed by atoms with van der Waals surface area (Å²) in [5.74, 6) is -0.717. The van der Waals surface area contributed by atoms with Crippen LogP contribution in [0.3, 0.4) is 0 Å². The molecule has 1 aliphatic rings. The maximum atomic E-state index is 13.7. The van der Waals surface area contributed by atoms with Crippen molar-refractivity contribution in [1.82, 2.24) is 9.62 Å². The van der Waals surface area contributed by atoms with Gasteiger partial charge in [-0.1, -0.05) is 24.3 Å². The van der Waals surface area contributed by atoms with Crippen LogP contribution in [0.1, 0.15) is 29.8 Å². The van der Waals surface area contributed by atoms with Gasteiger partial charge >= 0.3 is 0 Å². The summed E-state index contributed by atoms with van der Waals surface area (Å²) >= 11 is 0. The number of nitrogens with one attached hydrogen (secondary N) is 1. The summed E-state index contributed by atoms with van der Waals surface area (Å²) in [6, 6.07) is 12.3. The predicted octanol–water partition coefficient (Wildman–Crippen LogP) is 2.60. The van der Waals surface area contributed by atoms with Crippen molar-refractivity contribution < 1.29 is 22.3 Å². The molecule has 1 aliphatic heterocycles. The summed E-state index contributed by atoms with van der Waals surface area (Å²) in [7, 11) is -3.73. The number of hydrogen-bond acceptors (Lipinski definition) is 4. The van der Waals surface area contributed by atoms with E-state index in [0.29, 0.717) is 12.0 Å². The number of hydrogen-bond donors (Lipinski definition) is 1. The zero-order valence-electron chi connectivity index (χ0n) is 16.5. The maximum absolute atomic E-state index is 13.7. The van der Waals surface area contributed by atoms with E-state index in [-0.39, 0.29) is 48.1 Å². The first-order valence-electron chi connectivity index (χ1n) is 9.54. The van der Waals surface area contributed by atoms with Crippen molar-refractivity contribution in [2.24, 2.45) is 0 Å². The fourth-order valence-corrected chi connectivity index (χ4v) is 5.02. The molecule has 8 heteroatoms. The molecular weight excluding hydrogens is 395 g/mol. The first-order valence-corrected chi connectivity index (χ1v) is 11.0. The number of halogens is 1. The van der Waals surface area contributed by atoms with Crippen LogP contribution in [0.5, 0.6) is 0 Å². The van der Waals surface area contributed by atoms with Crippen molar-refractivity contribution in [3.63, 3.8) is 0 Å². The van der Waals surface area contributed by atoms with Crippen LogP contribution in [0.2, 0.25) is 0 Å². The molecule has 2 aromatic carbocycles. The van der Waals surface area contributed by atoms with Crippen molar-refractivity contribution in [2.45, 2.75) is 37.4 Å². The standard InChI is InChI=1S/C21H25FN2O4S/c1-15-13-24(14-16(2)28-15)29(26,27)19-8-5-7-18(12-19)21(25)23-11-10-17-6-3-4-9-20(17)22/h3-9,12,15-16H,10-11,13-14H2,1-2H3,(H,23,25). The molecule has 0 saturated carbocycles. The third kappa shape index (κ3) is 5.20. The van der Waals surface area contributed by atoms with Crippen LogP contribution in [-0.4, -0.2) is 50.5 Å². The van der Waals surface area contributed by atoms with Crippen LogP contribution in [0.15, 0.2) is 53.4 Å². The average Bonchev–Trinajstić information content (AvgIpc) is 2.68. The number of carbonyl (C=O) groups is 1. The second-order valence-corrected chi connectivity index (χ2v) is 9.14. The van der Waals surface area contributed by atoms with E-state index in [2.05, 4.69) is 5.32 Å². The molecule has 29 heavy (non-hydrogen) atoms. The normalized spacial score (nSPS) is 20.4. The zero-order valence-corrected chi connectivity index (χ0v) is 17.3. The van der Waals surface area contributed by atoms with Crippen molar-refractivity contribution in [1.29, 1.82) is 0 Å². The lowest BCUT2D eigenvalue weighted by Crippen LogP contribution is -2.48. The van der Waals surface area contributed by atoms with Gasteiger partial charge in [0.2, 0.25) is 10.0 Å². The highest BCUT2D eigenvalue weighted by atomic mass is 32.2. The molecule has 0 radical (unpaired) electrons. The highest BCUT2D eigenvalue weighted by Crippen LogP contribution is 2.22. The number of amides is 1. The van der Waals surface area contributed by atoms with Gasteiger partial charge in [-0.3, -0.25) is 4.79 Å². The molecule has 0 bridgehead atoms. The Hall–Kier alpha value is -2.29. The molecule has 1 amide bonds. The zero-order chi connectivity index (χ0) is 21.0. The molecule has 3 rings (SSSR count). The third-order valence-electron chi connectivity index (χ3n) is 4.76. The summed E-state index contributed by atoms with van der Waals surface area (Å²) in [6.45, 7) is 4.45. The molecule has 1 N–H and O–H groups in total. The lowest BCUT2D eigenvalue weighted by Gasteiger charge is -2.34. The van der Waals surface area contributed by atoms with Gasteiger partial charge in [0.25, 0.3) is 5.91 Å². The summed E-state index contributed by atoms with van der Waals surface area (Å²) in [5, 5.41) is 2.71. The van der Waals surface area contributed by atoms with Gasteiger partial charge < -0.3 is 10.1 Å². The minimum absolute atomic E-state index is 0.0700. The minimum atomic E-state index is -3.73. The molecule has 1 heterocycles. The van der Waals surface area contributed by atoms with Gasteiger partial charge in [-0.15, -0.1) is 0 Å². The number of rotatable bonds is 6. The smallest absolute Gasteiger partial charge is 0.251 e. The highest BCUT2D eigenvalue weighted by Gasteiger charge is 2.32. The Morgan fingerprint density at radius 3 is 2.52 bits per heavy atom. The molecule has 0 spiro atoms. The van der Waals surface area contributed by atoms with Crippen LogP contribution in [0, 0.1) is 5.82 Å². The maximum Gasteiger partial charge on any atom is 0.251 e. The van der Waals surface area contributed by atoms with Crippen molar-refractivity contribution in [3.05, 3.63) is 65.5 Å². The number of nitrogens with zero attached hydrogens (tertiary/aromatic N) is 1. The number of sulfonamides is 1. The third-order valence-corrected chi connectivity index (χ3v) is 6.59. The van der Waals surface area contributed by atoms with Gasteiger partial charge in [0, 0.05) is 25.2 Å². The van der Waals surface area contributed by atoms with E-state index >= 15 is 0 Å². The quantitative estimate of drug-likeness (QED) is 0.780. The molecular formula is C21H25FN2O4S. The topological polar surface area (TPSA) is 75.7 Å². The monoisotopic (exact) mass is 420 g/mol. The van der Waals surface area contributed by atoms with Crippen LogP contribution in [-0.2, 0) is 21.2 Å². The number of carbonyl (C=O) groups excluding carboxylic acids is 1. The van der Waals surface area contributed by atoms with E-state index in [0.717, 1.165) is 0 Å². The number of benzene rings is 2. The van der Waals surface area contributed by atoms with E-state index < -0.39 is 15.9 Å². The Bertz CT molecular complexity index is 970. The lowest BCUT2D eigenvalue weighted by atomic mass is 10.1. The summed E-state index contributed by atoms with van der Waals surface area (Å²) in [6.07, 6.45) is -0.0447. The van der Waals surface area contributed by atoms with Crippen molar-refractivity contribution in [2.75, 3.05) is 19.6 Å². The second kappa shape index (κ2) is 9.02. The predicted molar refractivity (Wildman–Crippen MR) is 108 cm³/mol. The molecule has 2 aromatic rings. The number of morpholine rings is 1. The summed E-state index contributed by atoms with van der Waals surface area (Å²) in [5.41, 5.74) is 0.758. The van der Waals surface area contributed by atoms with Gasteiger partial charge in [-0.2, -0.15) is 4.31 Å². The molecule has 156 valence electrons. The van der Waals surface area contributed by atoms with Crippen molar-refractivity contribution in [3.8, 4) is 0 Å². The van der Waals surface area contributed by atoms with Gasteiger partial charge in [0.05, 0.1) is 17.1 Å². The molecule has 2 atom stereocenters. The van der Waals surface area contributed by atoms with E-state index in [4.69, 9.17) is 4.74 Å². The molecule has 0 aliphatic carbocycles. The number of ether oxygens (including phenoxy) is 1. The minimum Gasteiger partial charge on any atom is -0.373 e. The molecule has 2 unspecified atom stereocenters. The first kappa shape index (κ1) is 21.4. The van der Waals surface area contributed by atoms with Gasteiger partial charge in [0.15, 0.2) is 0 Å². The fourth-order valence-electron chi connectivity index (χ4n) is 3.39. The highest BCUT2D eigenvalue weighted by molar-refractivity contribution is 7.89. The summed E-state index contributed by atoms with van der Waals surface area (Å²) in [4.78, 5) is 12.5. The lowest BCUT2D eigenvalue weighted by molar-refractivity contribution is -0.0440. The fraction of sp³-hybridized carbons (Fsp3) is 0.381. The molecule has 0 aromatic heterocycles. The first-order chi connectivity index (χ1) is 13.8. The van der Waals surface area contributed by atoms with Crippen LogP contribution < -0.4 is 5.32 Å². The summed E-state index contributed by atoms with van der Waals surface area (Å²) < 4.78 is 46.6. The van der Waals surface area contributed by atoms with E-state index in [1.807, 2.05) is 13.8 Å². The molecule has 6 nitrogen and oxygen atoms in total. The Kier molecular flexibility index (Phi) is 6.66. The van der Waals surface area contributed by atoms with Crippen LogP contribution in [0.4, 0.5) is 4.39 Å². The second-order valence-electron chi connectivity index (χ2n) is 7.20. The van der Waals surface area contributed by atoms with Gasteiger partial charge in [-0.25, -0.2) is 12.8 Å².